The predicted molar refractivity (Wildman–Crippen MR) is 75.9 cm³/mol. The van der Waals surface area contributed by atoms with Gasteiger partial charge >= 0.3 is 0 Å². The SMILES string of the molecule is C=CCN1C(=O)S/C(=C/c2ccc(OC)cc2)C1=O. The smallest absolute Gasteiger partial charge is 0.293 e. The standard InChI is InChI=1S/C14H13NO3S/c1-3-8-15-13(16)12(19-14(15)17)9-10-4-6-11(18-2)7-5-10/h3-7,9H,1,8H2,2H3/b12-9+. The van der Waals surface area contributed by atoms with Crippen LogP contribution in [0.3, 0.4) is 0 Å². The summed E-state index contributed by atoms with van der Waals surface area (Å²) in [7, 11) is 1.59. The van der Waals surface area contributed by atoms with Gasteiger partial charge in [-0.1, -0.05) is 18.2 Å². The highest BCUT2D eigenvalue weighted by Gasteiger charge is 2.33. The number of thioether (sulfide) groups is 1. The molecule has 5 heteroatoms. The summed E-state index contributed by atoms with van der Waals surface area (Å²) in [5.41, 5.74) is 0.852. The van der Waals surface area contributed by atoms with E-state index in [9.17, 15) is 9.59 Å². The van der Waals surface area contributed by atoms with Crippen LogP contribution in [-0.4, -0.2) is 29.7 Å². The number of hydrogen-bond donors (Lipinski definition) is 0. The molecule has 0 spiro atoms. The van der Waals surface area contributed by atoms with Crippen molar-refractivity contribution in [1.29, 1.82) is 0 Å². The Kier molecular flexibility index (Phi) is 4.06. The molecule has 0 unspecified atom stereocenters. The number of amides is 2. The average Bonchev–Trinajstić information content (AvgIpc) is 2.68. The molecule has 1 aliphatic rings. The molecule has 0 bridgehead atoms. The van der Waals surface area contributed by atoms with E-state index in [1.807, 2.05) is 12.1 Å². The monoisotopic (exact) mass is 275 g/mol. The second-order valence-corrected chi connectivity index (χ2v) is 4.85. The van der Waals surface area contributed by atoms with E-state index in [1.54, 1.807) is 25.3 Å². The van der Waals surface area contributed by atoms with E-state index in [2.05, 4.69) is 6.58 Å². The van der Waals surface area contributed by atoms with Crippen LogP contribution >= 0.6 is 11.8 Å². The highest BCUT2D eigenvalue weighted by atomic mass is 32.2. The van der Waals surface area contributed by atoms with Gasteiger partial charge in [-0.3, -0.25) is 14.5 Å². The summed E-state index contributed by atoms with van der Waals surface area (Å²) in [4.78, 5) is 25.2. The molecule has 1 heterocycles. The van der Waals surface area contributed by atoms with Crippen molar-refractivity contribution >= 4 is 29.0 Å². The number of carbonyl (C=O) groups is 2. The first-order valence-electron chi connectivity index (χ1n) is 5.66. The minimum Gasteiger partial charge on any atom is -0.497 e. The second kappa shape index (κ2) is 5.75. The van der Waals surface area contributed by atoms with Gasteiger partial charge in [-0.25, -0.2) is 0 Å². The quantitative estimate of drug-likeness (QED) is 0.626. The van der Waals surface area contributed by atoms with Gasteiger partial charge in [0.2, 0.25) is 0 Å². The van der Waals surface area contributed by atoms with Crippen LogP contribution in [-0.2, 0) is 4.79 Å². The molecule has 4 nitrogen and oxygen atoms in total. The summed E-state index contributed by atoms with van der Waals surface area (Å²) in [6.07, 6.45) is 3.24. The van der Waals surface area contributed by atoms with Crippen LogP contribution in [0.25, 0.3) is 6.08 Å². The lowest BCUT2D eigenvalue weighted by Crippen LogP contribution is -2.27. The molecule has 0 saturated carbocycles. The molecule has 0 N–H and O–H groups in total. The van der Waals surface area contributed by atoms with E-state index in [4.69, 9.17) is 4.74 Å². The summed E-state index contributed by atoms with van der Waals surface area (Å²) < 4.78 is 5.06. The van der Waals surface area contributed by atoms with E-state index in [-0.39, 0.29) is 17.7 Å². The highest BCUT2D eigenvalue weighted by Crippen LogP contribution is 2.32. The third-order valence-corrected chi connectivity index (χ3v) is 3.51. The number of benzene rings is 1. The fraction of sp³-hybridized carbons (Fsp3) is 0.143. The summed E-state index contributed by atoms with van der Waals surface area (Å²) in [5.74, 6) is 0.475. The normalized spacial score (nSPS) is 17.1. The fourth-order valence-corrected chi connectivity index (χ4v) is 2.49. The molecule has 1 fully saturated rings. The van der Waals surface area contributed by atoms with E-state index < -0.39 is 0 Å². The third-order valence-electron chi connectivity index (χ3n) is 2.60. The van der Waals surface area contributed by atoms with Gasteiger partial charge in [0.25, 0.3) is 11.1 Å². The molecule has 0 aromatic heterocycles. The maximum Gasteiger partial charge on any atom is 0.293 e. The molecule has 1 aromatic rings. The Morgan fingerprint density at radius 3 is 2.58 bits per heavy atom. The molecule has 2 rings (SSSR count). The maximum absolute atomic E-state index is 12.0. The van der Waals surface area contributed by atoms with Crippen molar-refractivity contribution in [2.75, 3.05) is 13.7 Å². The molecule has 0 atom stereocenters. The third kappa shape index (κ3) is 2.88. The molecule has 1 aromatic carbocycles. The minimum absolute atomic E-state index is 0.241. The van der Waals surface area contributed by atoms with Gasteiger partial charge in [0.05, 0.1) is 12.0 Å². The topological polar surface area (TPSA) is 46.6 Å². The van der Waals surface area contributed by atoms with Gasteiger partial charge in [-0.15, -0.1) is 6.58 Å². The van der Waals surface area contributed by atoms with Gasteiger partial charge in [0, 0.05) is 6.54 Å². The van der Waals surface area contributed by atoms with Crippen molar-refractivity contribution in [2.45, 2.75) is 0 Å². The zero-order chi connectivity index (χ0) is 13.8. The van der Waals surface area contributed by atoms with Gasteiger partial charge < -0.3 is 4.74 Å². The molecule has 19 heavy (non-hydrogen) atoms. The first-order chi connectivity index (χ1) is 9.15. The number of nitrogens with zero attached hydrogens (tertiary/aromatic N) is 1. The Balaban J connectivity index is 2.21. The molecule has 0 radical (unpaired) electrons. The minimum atomic E-state index is -0.272. The summed E-state index contributed by atoms with van der Waals surface area (Å²) >= 11 is 0.946. The lowest BCUT2D eigenvalue weighted by Gasteiger charge is -2.07. The lowest BCUT2D eigenvalue weighted by molar-refractivity contribution is -0.122. The first-order valence-corrected chi connectivity index (χ1v) is 6.47. The van der Waals surface area contributed by atoms with Crippen molar-refractivity contribution in [3.63, 3.8) is 0 Å². The average molecular weight is 275 g/mol. The van der Waals surface area contributed by atoms with Crippen LogP contribution in [0.4, 0.5) is 4.79 Å². The summed E-state index contributed by atoms with van der Waals surface area (Å²) in [5, 5.41) is -0.260. The maximum atomic E-state index is 12.0. The molecular formula is C14H13NO3S. The van der Waals surface area contributed by atoms with E-state index >= 15 is 0 Å². The Morgan fingerprint density at radius 1 is 1.32 bits per heavy atom. The fourth-order valence-electron chi connectivity index (χ4n) is 1.64. The Morgan fingerprint density at radius 2 is 2.00 bits per heavy atom. The Hall–Kier alpha value is -2.01. The number of rotatable bonds is 4. The molecule has 0 aliphatic carbocycles. The second-order valence-electron chi connectivity index (χ2n) is 3.85. The zero-order valence-corrected chi connectivity index (χ0v) is 11.3. The van der Waals surface area contributed by atoms with Gasteiger partial charge in [-0.05, 0) is 35.5 Å². The van der Waals surface area contributed by atoms with Crippen LogP contribution in [0.1, 0.15) is 5.56 Å². The van der Waals surface area contributed by atoms with Crippen molar-refractivity contribution in [2.24, 2.45) is 0 Å². The van der Waals surface area contributed by atoms with E-state index in [0.29, 0.717) is 4.91 Å². The Labute approximate surface area is 115 Å². The van der Waals surface area contributed by atoms with Crippen molar-refractivity contribution < 1.29 is 14.3 Å². The number of imide groups is 1. The predicted octanol–water partition coefficient (Wildman–Crippen LogP) is 2.92. The lowest BCUT2D eigenvalue weighted by atomic mass is 10.2. The number of carbonyl (C=O) groups excluding carboxylic acids is 2. The van der Waals surface area contributed by atoms with Crippen LogP contribution in [0.5, 0.6) is 5.75 Å². The van der Waals surface area contributed by atoms with Crippen LogP contribution in [0.2, 0.25) is 0 Å². The highest BCUT2D eigenvalue weighted by molar-refractivity contribution is 8.18. The summed E-state index contributed by atoms with van der Waals surface area (Å²) in [6, 6.07) is 7.28. The van der Waals surface area contributed by atoms with Gasteiger partial charge in [0.1, 0.15) is 5.75 Å². The van der Waals surface area contributed by atoms with Crippen LogP contribution < -0.4 is 4.74 Å². The zero-order valence-electron chi connectivity index (χ0n) is 10.5. The number of methoxy groups -OCH3 is 1. The molecule has 1 saturated heterocycles. The molecule has 98 valence electrons. The Bertz CT molecular complexity index is 548. The molecule has 1 aliphatic heterocycles. The van der Waals surface area contributed by atoms with Gasteiger partial charge in [-0.2, -0.15) is 0 Å². The summed E-state index contributed by atoms with van der Waals surface area (Å²) in [6.45, 7) is 3.77. The van der Waals surface area contributed by atoms with E-state index in [0.717, 1.165) is 23.1 Å². The van der Waals surface area contributed by atoms with E-state index in [1.165, 1.54) is 11.0 Å². The van der Waals surface area contributed by atoms with Crippen LogP contribution in [0, 0.1) is 0 Å². The van der Waals surface area contributed by atoms with Crippen molar-refractivity contribution in [1.82, 2.24) is 4.90 Å². The van der Waals surface area contributed by atoms with Crippen LogP contribution in [0.15, 0.2) is 41.8 Å². The first kappa shape index (κ1) is 13.4. The number of hydrogen-bond acceptors (Lipinski definition) is 4. The molecular weight excluding hydrogens is 262 g/mol. The molecule has 2 amide bonds. The number of ether oxygens (including phenoxy) is 1. The van der Waals surface area contributed by atoms with Crippen molar-refractivity contribution in [3.05, 3.63) is 47.4 Å². The largest absolute Gasteiger partial charge is 0.497 e. The van der Waals surface area contributed by atoms with Gasteiger partial charge in [0.15, 0.2) is 0 Å². The van der Waals surface area contributed by atoms with Crippen molar-refractivity contribution in [3.8, 4) is 5.75 Å².